The van der Waals surface area contributed by atoms with E-state index in [-0.39, 0.29) is 17.7 Å². The van der Waals surface area contributed by atoms with Crippen LogP contribution >= 0.6 is 23.1 Å². The molecule has 0 spiro atoms. The van der Waals surface area contributed by atoms with E-state index in [4.69, 9.17) is 5.11 Å². The highest BCUT2D eigenvalue weighted by molar-refractivity contribution is 7.99. The first kappa shape index (κ1) is 15.4. The van der Waals surface area contributed by atoms with Gasteiger partial charge in [-0.3, -0.25) is 9.59 Å². The molecular weight excluding hydrogens is 294 g/mol. The zero-order chi connectivity index (χ0) is 14.6. The van der Waals surface area contributed by atoms with Crippen molar-refractivity contribution in [1.29, 1.82) is 0 Å². The third-order valence-corrected chi connectivity index (χ3v) is 5.54. The van der Waals surface area contributed by atoms with Gasteiger partial charge in [-0.1, -0.05) is 0 Å². The van der Waals surface area contributed by atoms with E-state index in [1.807, 2.05) is 23.9 Å². The first-order chi connectivity index (χ1) is 9.51. The molecule has 0 radical (unpaired) electrons. The third-order valence-electron chi connectivity index (χ3n) is 3.54. The van der Waals surface area contributed by atoms with Gasteiger partial charge < -0.3 is 10.0 Å². The molecule has 6 heteroatoms. The number of nitrogens with zero attached hydrogens (tertiary/aromatic N) is 1. The first-order valence-electron chi connectivity index (χ1n) is 6.55. The highest BCUT2D eigenvalue weighted by Gasteiger charge is 2.44. The Morgan fingerprint density at radius 2 is 2.25 bits per heavy atom. The van der Waals surface area contributed by atoms with Crippen molar-refractivity contribution in [2.45, 2.75) is 25.8 Å². The van der Waals surface area contributed by atoms with Crippen LogP contribution in [0.1, 0.15) is 24.8 Å². The Kier molecular flexibility index (Phi) is 5.10. The predicted octanol–water partition coefficient (Wildman–Crippen LogP) is 2.69. The fraction of sp³-hybridized carbons (Fsp3) is 0.571. The molecule has 1 N–H and O–H groups in total. The maximum absolute atomic E-state index is 12.0. The normalized spacial score (nSPS) is 15.8. The number of rotatable bonds is 8. The maximum atomic E-state index is 12.0. The van der Waals surface area contributed by atoms with E-state index in [9.17, 15) is 9.59 Å². The Morgan fingerprint density at radius 1 is 1.50 bits per heavy atom. The minimum atomic E-state index is -0.732. The fourth-order valence-electron chi connectivity index (χ4n) is 2.08. The van der Waals surface area contributed by atoms with Crippen LogP contribution in [0, 0.1) is 5.41 Å². The molecule has 0 bridgehead atoms. The van der Waals surface area contributed by atoms with Crippen LogP contribution in [0.5, 0.6) is 0 Å². The molecule has 0 unspecified atom stereocenters. The summed E-state index contributed by atoms with van der Waals surface area (Å²) < 4.78 is 0. The lowest BCUT2D eigenvalue weighted by molar-refractivity contribution is -0.138. The standard InChI is InChI=1S/C14H19NO3S2/c1-15(7-11-2-5-19-8-11)12(16)9-20-10-14(3-4-14)6-13(17)18/h2,5,8H,3-4,6-7,9-10H2,1H3,(H,17,18). The van der Waals surface area contributed by atoms with E-state index in [2.05, 4.69) is 0 Å². The van der Waals surface area contributed by atoms with E-state index in [0.717, 1.165) is 24.2 Å². The predicted molar refractivity (Wildman–Crippen MR) is 82.0 cm³/mol. The SMILES string of the molecule is CN(Cc1ccsc1)C(=O)CSCC1(CC(=O)O)CC1. The van der Waals surface area contributed by atoms with Crippen LogP contribution in [0.25, 0.3) is 0 Å². The van der Waals surface area contributed by atoms with Gasteiger partial charge in [-0.15, -0.1) is 0 Å². The minimum absolute atomic E-state index is 0.0390. The number of carboxylic acids is 1. The molecule has 1 amide bonds. The summed E-state index contributed by atoms with van der Waals surface area (Å²) in [4.78, 5) is 24.5. The van der Waals surface area contributed by atoms with Crippen molar-refractivity contribution in [3.8, 4) is 0 Å². The molecule has 1 aliphatic rings. The van der Waals surface area contributed by atoms with Crippen LogP contribution in [0.15, 0.2) is 16.8 Å². The highest BCUT2D eigenvalue weighted by atomic mass is 32.2. The second kappa shape index (κ2) is 6.63. The number of aliphatic carboxylic acids is 1. The topological polar surface area (TPSA) is 57.6 Å². The van der Waals surface area contributed by atoms with Crippen LogP contribution in [0.2, 0.25) is 0 Å². The van der Waals surface area contributed by atoms with Crippen LogP contribution in [0.3, 0.4) is 0 Å². The van der Waals surface area contributed by atoms with Crippen LogP contribution < -0.4 is 0 Å². The monoisotopic (exact) mass is 313 g/mol. The number of thiophene rings is 1. The summed E-state index contributed by atoms with van der Waals surface area (Å²) in [7, 11) is 1.81. The van der Waals surface area contributed by atoms with Crippen molar-refractivity contribution >= 4 is 35.0 Å². The Labute approximate surface area is 127 Å². The Bertz CT molecular complexity index is 469. The number of hydrogen-bond donors (Lipinski definition) is 1. The van der Waals surface area contributed by atoms with Gasteiger partial charge in [-0.2, -0.15) is 23.1 Å². The van der Waals surface area contributed by atoms with Crippen molar-refractivity contribution in [1.82, 2.24) is 4.90 Å². The number of amides is 1. The molecular formula is C14H19NO3S2. The Morgan fingerprint density at radius 3 is 2.80 bits per heavy atom. The van der Waals surface area contributed by atoms with Gasteiger partial charge in [0.05, 0.1) is 12.2 Å². The fourth-order valence-corrected chi connectivity index (χ4v) is 4.06. The molecule has 1 aliphatic carbocycles. The number of thioether (sulfide) groups is 1. The maximum Gasteiger partial charge on any atom is 0.303 e. The quantitative estimate of drug-likeness (QED) is 0.801. The zero-order valence-corrected chi connectivity index (χ0v) is 13.1. The largest absolute Gasteiger partial charge is 0.481 e. The average Bonchev–Trinajstić information content (AvgIpc) is 2.93. The van der Waals surface area contributed by atoms with Crippen LogP contribution in [-0.4, -0.2) is 40.4 Å². The van der Waals surface area contributed by atoms with E-state index in [1.165, 1.54) is 0 Å². The molecule has 110 valence electrons. The van der Waals surface area contributed by atoms with Crippen molar-refractivity contribution in [2.24, 2.45) is 5.41 Å². The molecule has 2 rings (SSSR count). The zero-order valence-electron chi connectivity index (χ0n) is 11.5. The molecule has 4 nitrogen and oxygen atoms in total. The van der Waals surface area contributed by atoms with E-state index in [0.29, 0.717) is 12.3 Å². The lowest BCUT2D eigenvalue weighted by atomic mass is 10.1. The Balaban J connectivity index is 1.68. The summed E-state index contributed by atoms with van der Waals surface area (Å²) in [6, 6.07) is 2.02. The van der Waals surface area contributed by atoms with Gasteiger partial charge in [0.25, 0.3) is 0 Å². The molecule has 1 saturated carbocycles. The van der Waals surface area contributed by atoms with E-state index < -0.39 is 5.97 Å². The summed E-state index contributed by atoms with van der Waals surface area (Å²) in [6.07, 6.45) is 2.19. The van der Waals surface area contributed by atoms with Crippen LogP contribution in [0.4, 0.5) is 0 Å². The van der Waals surface area contributed by atoms with Gasteiger partial charge in [0.2, 0.25) is 5.91 Å². The molecule has 0 atom stereocenters. The molecule has 1 heterocycles. The summed E-state index contributed by atoms with van der Waals surface area (Å²) in [6.45, 7) is 0.642. The van der Waals surface area contributed by atoms with Gasteiger partial charge >= 0.3 is 5.97 Å². The molecule has 0 saturated heterocycles. The molecule has 1 aromatic rings. The van der Waals surface area contributed by atoms with Crippen molar-refractivity contribution in [3.63, 3.8) is 0 Å². The van der Waals surface area contributed by atoms with E-state index >= 15 is 0 Å². The first-order valence-corrected chi connectivity index (χ1v) is 8.65. The van der Waals surface area contributed by atoms with Gasteiger partial charge in [0, 0.05) is 13.6 Å². The number of carboxylic acid groups (broad SMARTS) is 1. The van der Waals surface area contributed by atoms with Gasteiger partial charge in [0.1, 0.15) is 0 Å². The van der Waals surface area contributed by atoms with Gasteiger partial charge in [0.15, 0.2) is 0 Å². The Hall–Kier alpha value is -1.01. The molecule has 0 aromatic carbocycles. The van der Waals surface area contributed by atoms with Gasteiger partial charge in [-0.25, -0.2) is 0 Å². The lowest BCUT2D eigenvalue weighted by Crippen LogP contribution is -2.28. The number of hydrogen-bond acceptors (Lipinski definition) is 4. The smallest absolute Gasteiger partial charge is 0.303 e. The average molecular weight is 313 g/mol. The lowest BCUT2D eigenvalue weighted by Gasteiger charge is -2.17. The molecule has 20 heavy (non-hydrogen) atoms. The van der Waals surface area contributed by atoms with Crippen LogP contribution in [-0.2, 0) is 16.1 Å². The van der Waals surface area contributed by atoms with Crippen molar-refractivity contribution < 1.29 is 14.7 Å². The molecule has 1 aromatic heterocycles. The number of carbonyl (C=O) groups is 2. The molecule has 1 fully saturated rings. The summed E-state index contributed by atoms with van der Waals surface area (Å²) in [5.41, 5.74) is 1.11. The van der Waals surface area contributed by atoms with E-state index in [1.54, 1.807) is 28.0 Å². The van der Waals surface area contributed by atoms with Crippen molar-refractivity contribution in [3.05, 3.63) is 22.4 Å². The second-order valence-electron chi connectivity index (χ2n) is 5.44. The molecule has 0 aliphatic heterocycles. The summed E-state index contributed by atoms with van der Waals surface area (Å²) >= 11 is 3.19. The summed E-state index contributed by atoms with van der Waals surface area (Å²) in [5, 5.41) is 12.9. The van der Waals surface area contributed by atoms with Gasteiger partial charge in [-0.05, 0) is 46.4 Å². The highest BCUT2D eigenvalue weighted by Crippen LogP contribution is 2.50. The second-order valence-corrected chi connectivity index (χ2v) is 7.21. The van der Waals surface area contributed by atoms with Crippen molar-refractivity contribution in [2.75, 3.05) is 18.6 Å². The summed E-state index contributed by atoms with van der Waals surface area (Å²) in [5.74, 6) is 0.579. The number of carbonyl (C=O) groups excluding carboxylic acids is 1. The minimum Gasteiger partial charge on any atom is -0.481 e. The third kappa shape index (κ3) is 4.52.